The fourth-order valence-electron chi connectivity index (χ4n) is 1.63. The lowest BCUT2D eigenvalue weighted by atomic mass is 10.0. The normalized spacial score (nSPS) is 14.3. The summed E-state index contributed by atoms with van der Waals surface area (Å²) in [4.78, 5) is 4.28. The van der Waals surface area contributed by atoms with Crippen LogP contribution in [0.4, 0.5) is 10.1 Å². The van der Waals surface area contributed by atoms with E-state index in [9.17, 15) is 4.39 Å². The van der Waals surface area contributed by atoms with Gasteiger partial charge in [0.25, 0.3) is 5.89 Å². The predicted octanol–water partition coefficient (Wildman–Crippen LogP) is 2.73. The number of anilines is 1. The van der Waals surface area contributed by atoms with Crippen LogP contribution < -0.4 is 5.73 Å². The zero-order valence-corrected chi connectivity index (χ0v) is 11.1. The van der Waals surface area contributed by atoms with E-state index in [1.54, 1.807) is 13.2 Å². The number of rotatable bonds is 4. The van der Waals surface area contributed by atoms with Crippen LogP contribution in [0.2, 0.25) is 0 Å². The molecule has 19 heavy (non-hydrogen) atoms. The lowest BCUT2D eigenvalue weighted by molar-refractivity contribution is -0.0106. The highest BCUT2D eigenvalue weighted by atomic mass is 19.1. The molecule has 2 rings (SSSR count). The number of hydrogen-bond donors (Lipinski definition) is 1. The molecule has 1 aromatic heterocycles. The van der Waals surface area contributed by atoms with E-state index < -0.39 is 11.4 Å². The fourth-order valence-corrected chi connectivity index (χ4v) is 1.63. The van der Waals surface area contributed by atoms with Crippen LogP contribution in [-0.4, -0.2) is 17.3 Å². The first-order valence-electron chi connectivity index (χ1n) is 5.95. The van der Waals surface area contributed by atoms with Gasteiger partial charge >= 0.3 is 0 Å². The molecule has 1 atom stereocenters. The Morgan fingerprint density at radius 3 is 2.79 bits per heavy atom. The molecule has 102 valence electrons. The van der Waals surface area contributed by atoms with E-state index in [1.165, 1.54) is 12.1 Å². The quantitative estimate of drug-likeness (QED) is 0.860. The van der Waals surface area contributed by atoms with Gasteiger partial charge in [-0.25, -0.2) is 4.39 Å². The van der Waals surface area contributed by atoms with Crippen LogP contribution in [0.25, 0.3) is 11.5 Å². The molecule has 0 saturated carbocycles. The Balaban J connectivity index is 2.38. The summed E-state index contributed by atoms with van der Waals surface area (Å²) in [6.07, 6.45) is 0.702. The Morgan fingerprint density at radius 2 is 2.21 bits per heavy atom. The van der Waals surface area contributed by atoms with Crippen molar-refractivity contribution in [2.75, 3.05) is 12.8 Å². The predicted molar refractivity (Wildman–Crippen MR) is 68.8 cm³/mol. The maximum Gasteiger partial charge on any atom is 0.258 e. The summed E-state index contributed by atoms with van der Waals surface area (Å²) in [7, 11) is 1.59. The fraction of sp³-hybridized carbons (Fsp3) is 0.385. The highest BCUT2D eigenvalue weighted by Gasteiger charge is 2.30. The minimum absolute atomic E-state index is 0.0437. The molecule has 0 saturated heterocycles. The second-order valence-corrected chi connectivity index (χ2v) is 4.45. The van der Waals surface area contributed by atoms with Crippen LogP contribution in [0.1, 0.15) is 26.1 Å². The van der Waals surface area contributed by atoms with E-state index in [2.05, 4.69) is 10.1 Å². The van der Waals surface area contributed by atoms with Gasteiger partial charge < -0.3 is 15.0 Å². The van der Waals surface area contributed by atoms with Crippen LogP contribution in [-0.2, 0) is 10.3 Å². The van der Waals surface area contributed by atoms with E-state index in [1.807, 2.05) is 13.8 Å². The molecule has 1 aromatic carbocycles. The Kier molecular flexibility index (Phi) is 3.53. The van der Waals surface area contributed by atoms with Gasteiger partial charge in [-0.2, -0.15) is 4.98 Å². The number of nitrogen functional groups attached to an aromatic ring is 1. The Labute approximate surface area is 110 Å². The number of nitrogens with zero attached hydrogens (tertiary/aromatic N) is 2. The van der Waals surface area contributed by atoms with Crippen molar-refractivity contribution in [3.8, 4) is 11.5 Å². The summed E-state index contributed by atoms with van der Waals surface area (Å²) in [5.41, 5.74) is 5.53. The molecule has 1 unspecified atom stereocenters. The van der Waals surface area contributed by atoms with Crippen molar-refractivity contribution in [2.45, 2.75) is 25.9 Å². The molecule has 0 aliphatic rings. The SMILES string of the molecule is CCC(C)(OC)c1noc(-c2ccc(F)c(N)c2)n1. The molecule has 0 spiro atoms. The summed E-state index contributed by atoms with van der Waals surface area (Å²) in [6, 6.07) is 4.27. The topological polar surface area (TPSA) is 74.2 Å². The molecule has 6 heteroatoms. The number of ether oxygens (including phenoxy) is 1. The summed E-state index contributed by atoms with van der Waals surface area (Å²) < 4.78 is 23.7. The third-order valence-electron chi connectivity index (χ3n) is 3.27. The minimum Gasteiger partial charge on any atom is -0.396 e. The number of benzene rings is 1. The number of methoxy groups -OCH3 is 1. The first kappa shape index (κ1) is 13.5. The molecule has 0 fully saturated rings. The molecule has 0 aliphatic carbocycles. The summed E-state index contributed by atoms with van der Waals surface area (Å²) in [5.74, 6) is 0.271. The third-order valence-corrected chi connectivity index (χ3v) is 3.27. The molecule has 0 amide bonds. The van der Waals surface area contributed by atoms with Crippen molar-refractivity contribution in [3.05, 3.63) is 29.8 Å². The largest absolute Gasteiger partial charge is 0.396 e. The van der Waals surface area contributed by atoms with Crippen LogP contribution in [0.3, 0.4) is 0 Å². The van der Waals surface area contributed by atoms with Gasteiger partial charge in [0.15, 0.2) is 0 Å². The van der Waals surface area contributed by atoms with Gasteiger partial charge in [0.1, 0.15) is 11.4 Å². The second kappa shape index (κ2) is 4.97. The van der Waals surface area contributed by atoms with Gasteiger partial charge in [-0.05, 0) is 31.5 Å². The van der Waals surface area contributed by atoms with E-state index in [0.29, 0.717) is 23.7 Å². The maximum absolute atomic E-state index is 13.1. The highest BCUT2D eigenvalue weighted by Crippen LogP contribution is 2.28. The first-order valence-corrected chi connectivity index (χ1v) is 5.95. The van der Waals surface area contributed by atoms with Crippen molar-refractivity contribution in [2.24, 2.45) is 0 Å². The van der Waals surface area contributed by atoms with Gasteiger partial charge in [-0.3, -0.25) is 0 Å². The van der Waals surface area contributed by atoms with Gasteiger partial charge in [-0.1, -0.05) is 12.1 Å². The van der Waals surface area contributed by atoms with Crippen molar-refractivity contribution in [1.29, 1.82) is 0 Å². The van der Waals surface area contributed by atoms with E-state index in [0.717, 1.165) is 0 Å². The smallest absolute Gasteiger partial charge is 0.258 e. The molecule has 2 N–H and O–H groups in total. The van der Waals surface area contributed by atoms with Gasteiger partial charge in [0.2, 0.25) is 5.82 Å². The van der Waals surface area contributed by atoms with E-state index >= 15 is 0 Å². The summed E-state index contributed by atoms with van der Waals surface area (Å²) in [5, 5.41) is 3.91. The van der Waals surface area contributed by atoms with Crippen LogP contribution >= 0.6 is 0 Å². The lowest BCUT2D eigenvalue weighted by Crippen LogP contribution is -2.24. The first-order chi connectivity index (χ1) is 9.00. The molecule has 5 nitrogen and oxygen atoms in total. The molecule has 1 heterocycles. The number of aromatic nitrogens is 2. The van der Waals surface area contributed by atoms with Crippen LogP contribution in [0.5, 0.6) is 0 Å². The lowest BCUT2D eigenvalue weighted by Gasteiger charge is -2.21. The monoisotopic (exact) mass is 265 g/mol. The average Bonchev–Trinajstić information content (AvgIpc) is 2.91. The maximum atomic E-state index is 13.1. The number of nitrogens with two attached hydrogens (primary N) is 1. The van der Waals surface area contributed by atoms with Crippen molar-refractivity contribution >= 4 is 5.69 Å². The van der Waals surface area contributed by atoms with Crippen LogP contribution in [0, 0.1) is 5.82 Å². The summed E-state index contributed by atoms with van der Waals surface area (Å²) >= 11 is 0. The average molecular weight is 265 g/mol. The molecular formula is C13H16FN3O2. The molecule has 0 bridgehead atoms. The van der Waals surface area contributed by atoms with Crippen molar-refractivity contribution in [1.82, 2.24) is 10.1 Å². The molecule has 2 aromatic rings. The van der Waals surface area contributed by atoms with E-state index in [-0.39, 0.29) is 5.69 Å². The Hall–Kier alpha value is -1.95. The number of halogens is 1. The van der Waals surface area contributed by atoms with Crippen molar-refractivity contribution < 1.29 is 13.7 Å². The van der Waals surface area contributed by atoms with Crippen LogP contribution in [0.15, 0.2) is 22.7 Å². The molecule has 0 radical (unpaired) electrons. The second-order valence-electron chi connectivity index (χ2n) is 4.45. The standard InChI is InChI=1S/C13H16FN3O2/c1-4-13(2,18-3)12-16-11(19-17-12)8-5-6-9(14)10(15)7-8/h5-7H,4,15H2,1-3H3. The summed E-state index contributed by atoms with van der Waals surface area (Å²) in [6.45, 7) is 3.84. The highest BCUT2D eigenvalue weighted by molar-refractivity contribution is 5.60. The molecule has 0 aliphatic heterocycles. The Morgan fingerprint density at radius 1 is 1.47 bits per heavy atom. The molecular weight excluding hydrogens is 249 g/mol. The zero-order valence-electron chi connectivity index (χ0n) is 11.1. The Bertz CT molecular complexity index is 579. The number of hydrogen-bond acceptors (Lipinski definition) is 5. The van der Waals surface area contributed by atoms with E-state index in [4.69, 9.17) is 15.0 Å². The van der Waals surface area contributed by atoms with Gasteiger partial charge in [-0.15, -0.1) is 0 Å². The van der Waals surface area contributed by atoms with Gasteiger partial charge in [0.05, 0.1) is 5.69 Å². The van der Waals surface area contributed by atoms with Crippen molar-refractivity contribution in [3.63, 3.8) is 0 Å². The minimum atomic E-state index is -0.604. The third kappa shape index (κ3) is 2.44. The van der Waals surface area contributed by atoms with Gasteiger partial charge in [0, 0.05) is 12.7 Å². The zero-order chi connectivity index (χ0) is 14.0.